The van der Waals surface area contributed by atoms with Gasteiger partial charge in [0, 0.05) is 18.1 Å². The summed E-state index contributed by atoms with van der Waals surface area (Å²) in [7, 11) is 0. The lowest BCUT2D eigenvalue weighted by molar-refractivity contribution is 0.807. The summed E-state index contributed by atoms with van der Waals surface area (Å²) in [6, 6.07) is 10.4. The standard InChI is InChI=1S/C15H18N2/c1-3-12(10-16-4-2)14-9-13-7-5-6-8-15(13)17-11-14/h3,5-9,11,16H,4,10H2,1-2H3/b12-3+. The number of hydrogen-bond acceptors (Lipinski definition) is 2. The van der Waals surface area contributed by atoms with Gasteiger partial charge >= 0.3 is 0 Å². The van der Waals surface area contributed by atoms with Gasteiger partial charge in [0.15, 0.2) is 0 Å². The molecule has 1 aromatic carbocycles. The summed E-state index contributed by atoms with van der Waals surface area (Å²) in [5.41, 5.74) is 3.55. The maximum absolute atomic E-state index is 4.49. The lowest BCUT2D eigenvalue weighted by Gasteiger charge is -2.08. The van der Waals surface area contributed by atoms with Gasteiger partial charge in [0.05, 0.1) is 5.52 Å². The highest BCUT2D eigenvalue weighted by molar-refractivity contribution is 5.82. The van der Waals surface area contributed by atoms with Crippen molar-refractivity contribution in [2.75, 3.05) is 13.1 Å². The van der Waals surface area contributed by atoms with Crippen LogP contribution in [0.4, 0.5) is 0 Å². The predicted molar refractivity (Wildman–Crippen MR) is 73.9 cm³/mol. The van der Waals surface area contributed by atoms with Crippen molar-refractivity contribution < 1.29 is 0 Å². The van der Waals surface area contributed by atoms with Crippen LogP contribution in [0, 0.1) is 0 Å². The van der Waals surface area contributed by atoms with Crippen molar-refractivity contribution in [2.24, 2.45) is 0 Å². The fraction of sp³-hybridized carbons (Fsp3) is 0.267. The van der Waals surface area contributed by atoms with Gasteiger partial charge in [0.25, 0.3) is 0 Å². The van der Waals surface area contributed by atoms with Crippen LogP contribution >= 0.6 is 0 Å². The molecule has 2 heteroatoms. The second-order valence-corrected chi connectivity index (χ2v) is 4.01. The third kappa shape index (κ3) is 2.71. The fourth-order valence-corrected chi connectivity index (χ4v) is 1.88. The Morgan fingerprint density at radius 1 is 1.35 bits per heavy atom. The summed E-state index contributed by atoms with van der Waals surface area (Å²) >= 11 is 0. The van der Waals surface area contributed by atoms with Gasteiger partial charge in [-0.3, -0.25) is 4.98 Å². The molecule has 0 aliphatic rings. The molecule has 0 aliphatic carbocycles. The molecule has 0 fully saturated rings. The number of nitrogens with one attached hydrogen (secondary N) is 1. The van der Waals surface area contributed by atoms with Crippen LogP contribution in [0.25, 0.3) is 16.5 Å². The Morgan fingerprint density at radius 3 is 2.94 bits per heavy atom. The monoisotopic (exact) mass is 226 g/mol. The Balaban J connectivity index is 2.34. The highest BCUT2D eigenvalue weighted by Crippen LogP contribution is 2.18. The first-order chi connectivity index (χ1) is 8.35. The number of allylic oxidation sites excluding steroid dienone is 1. The molecule has 88 valence electrons. The zero-order valence-corrected chi connectivity index (χ0v) is 10.4. The van der Waals surface area contributed by atoms with Gasteiger partial charge in [0.2, 0.25) is 0 Å². The van der Waals surface area contributed by atoms with Crippen LogP contribution in [0.3, 0.4) is 0 Å². The minimum absolute atomic E-state index is 0.896. The number of likely N-dealkylation sites (N-methyl/N-ethyl adjacent to an activating group) is 1. The average molecular weight is 226 g/mol. The lowest BCUT2D eigenvalue weighted by Crippen LogP contribution is -2.15. The number of nitrogens with zero attached hydrogens (tertiary/aromatic N) is 1. The molecule has 2 aromatic rings. The lowest BCUT2D eigenvalue weighted by atomic mass is 10.1. The second-order valence-electron chi connectivity index (χ2n) is 4.01. The van der Waals surface area contributed by atoms with E-state index in [0.717, 1.165) is 18.6 Å². The Hall–Kier alpha value is -1.67. The van der Waals surface area contributed by atoms with Crippen molar-refractivity contribution in [1.29, 1.82) is 0 Å². The van der Waals surface area contributed by atoms with Gasteiger partial charge in [-0.1, -0.05) is 31.2 Å². The summed E-state index contributed by atoms with van der Waals surface area (Å²) in [6.07, 6.45) is 4.10. The number of benzene rings is 1. The fourth-order valence-electron chi connectivity index (χ4n) is 1.88. The molecule has 0 radical (unpaired) electrons. The zero-order valence-electron chi connectivity index (χ0n) is 10.4. The molecule has 2 rings (SSSR count). The van der Waals surface area contributed by atoms with E-state index >= 15 is 0 Å². The summed E-state index contributed by atoms with van der Waals surface area (Å²) in [4.78, 5) is 4.49. The molecule has 0 aliphatic heterocycles. The van der Waals surface area contributed by atoms with Crippen LogP contribution in [-0.4, -0.2) is 18.1 Å². The van der Waals surface area contributed by atoms with Crippen LogP contribution in [0.5, 0.6) is 0 Å². The maximum Gasteiger partial charge on any atom is 0.0702 e. The Bertz CT molecular complexity index is 529. The second kappa shape index (κ2) is 5.60. The topological polar surface area (TPSA) is 24.9 Å². The van der Waals surface area contributed by atoms with Crippen molar-refractivity contribution in [3.63, 3.8) is 0 Å². The summed E-state index contributed by atoms with van der Waals surface area (Å²) < 4.78 is 0. The molecule has 1 heterocycles. The molecule has 0 amide bonds. The molecule has 2 nitrogen and oxygen atoms in total. The maximum atomic E-state index is 4.49. The van der Waals surface area contributed by atoms with E-state index in [2.05, 4.69) is 42.4 Å². The molecule has 0 saturated heterocycles. The molecule has 0 atom stereocenters. The molecular formula is C15H18N2. The van der Waals surface area contributed by atoms with Crippen LogP contribution < -0.4 is 5.32 Å². The first kappa shape index (κ1) is 11.8. The molecule has 0 saturated carbocycles. The molecule has 17 heavy (non-hydrogen) atoms. The van der Waals surface area contributed by atoms with E-state index < -0.39 is 0 Å². The third-order valence-corrected chi connectivity index (χ3v) is 2.88. The first-order valence-electron chi connectivity index (χ1n) is 6.06. The minimum Gasteiger partial charge on any atom is -0.313 e. The summed E-state index contributed by atoms with van der Waals surface area (Å²) in [5.74, 6) is 0. The van der Waals surface area contributed by atoms with E-state index in [-0.39, 0.29) is 0 Å². The number of aromatic nitrogens is 1. The van der Waals surface area contributed by atoms with E-state index in [9.17, 15) is 0 Å². The first-order valence-corrected chi connectivity index (χ1v) is 6.06. The summed E-state index contributed by atoms with van der Waals surface area (Å²) in [5, 5.41) is 4.54. The molecule has 1 aromatic heterocycles. The van der Waals surface area contributed by atoms with Gasteiger partial charge in [-0.25, -0.2) is 0 Å². The van der Waals surface area contributed by atoms with Crippen LogP contribution in [0.1, 0.15) is 19.4 Å². The molecule has 0 spiro atoms. The van der Waals surface area contributed by atoms with E-state index in [4.69, 9.17) is 0 Å². The van der Waals surface area contributed by atoms with Crippen molar-refractivity contribution in [1.82, 2.24) is 10.3 Å². The number of rotatable bonds is 4. The van der Waals surface area contributed by atoms with E-state index in [1.54, 1.807) is 0 Å². The highest BCUT2D eigenvalue weighted by atomic mass is 14.8. The number of hydrogen-bond donors (Lipinski definition) is 1. The zero-order chi connectivity index (χ0) is 12.1. The van der Waals surface area contributed by atoms with Gasteiger partial charge in [-0.15, -0.1) is 0 Å². The van der Waals surface area contributed by atoms with Gasteiger partial charge in [0.1, 0.15) is 0 Å². The largest absolute Gasteiger partial charge is 0.313 e. The van der Waals surface area contributed by atoms with Gasteiger partial charge in [-0.2, -0.15) is 0 Å². The predicted octanol–water partition coefficient (Wildman–Crippen LogP) is 3.25. The van der Waals surface area contributed by atoms with Crippen molar-refractivity contribution in [3.05, 3.63) is 48.2 Å². The average Bonchev–Trinajstić information content (AvgIpc) is 2.39. The van der Waals surface area contributed by atoms with Crippen molar-refractivity contribution >= 4 is 16.5 Å². The number of fused-ring (bicyclic) bond motifs is 1. The highest BCUT2D eigenvalue weighted by Gasteiger charge is 2.02. The van der Waals surface area contributed by atoms with Gasteiger partial charge in [-0.05, 0) is 36.7 Å². The van der Waals surface area contributed by atoms with Crippen LogP contribution in [0.2, 0.25) is 0 Å². The van der Waals surface area contributed by atoms with E-state index in [1.807, 2.05) is 24.4 Å². The molecular weight excluding hydrogens is 208 g/mol. The molecule has 1 N–H and O–H groups in total. The smallest absolute Gasteiger partial charge is 0.0702 e. The third-order valence-electron chi connectivity index (χ3n) is 2.88. The summed E-state index contributed by atoms with van der Waals surface area (Å²) in [6.45, 7) is 6.07. The Labute approximate surface area is 102 Å². The van der Waals surface area contributed by atoms with Crippen LogP contribution in [-0.2, 0) is 0 Å². The Kier molecular flexibility index (Phi) is 3.89. The number of para-hydroxylation sites is 1. The van der Waals surface area contributed by atoms with Crippen LogP contribution in [0.15, 0.2) is 42.6 Å². The Morgan fingerprint density at radius 2 is 2.18 bits per heavy atom. The number of pyridine rings is 1. The van der Waals surface area contributed by atoms with Crippen molar-refractivity contribution in [3.8, 4) is 0 Å². The van der Waals surface area contributed by atoms with Gasteiger partial charge < -0.3 is 5.32 Å². The molecule has 0 unspecified atom stereocenters. The normalized spacial score (nSPS) is 12.0. The quantitative estimate of drug-likeness (QED) is 0.865. The minimum atomic E-state index is 0.896. The van der Waals surface area contributed by atoms with E-state index in [0.29, 0.717) is 0 Å². The molecule has 0 bridgehead atoms. The SMILES string of the molecule is C/C=C(\CNCC)c1cnc2ccccc2c1. The van der Waals surface area contributed by atoms with Crippen molar-refractivity contribution in [2.45, 2.75) is 13.8 Å². The van der Waals surface area contributed by atoms with E-state index in [1.165, 1.54) is 16.5 Å².